The zero-order valence-corrected chi connectivity index (χ0v) is 17.3. The van der Waals surface area contributed by atoms with Gasteiger partial charge in [-0.25, -0.2) is 0 Å². The van der Waals surface area contributed by atoms with Crippen LogP contribution in [0.1, 0.15) is 34.3 Å². The molecule has 2 fully saturated rings. The number of amides is 2. The molecule has 1 saturated carbocycles. The Hall–Kier alpha value is -2.92. The zero-order valence-electron chi connectivity index (χ0n) is 17.3. The monoisotopic (exact) mass is 403 g/mol. The molecule has 0 radical (unpaired) electrons. The molecular weight excluding hydrogens is 374 g/mol. The van der Waals surface area contributed by atoms with Crippen molar-refractivity contribution in [1.29, 1.82) is 0 Å². The molecule has 1 aliphatic heterocycles. The summed E-state index contributed by atoms with van der Waals surface area (Å²) in [5, 5.41) is 2.96. The standard InChI is InChI=1S/C25H29N3O2/c29-24(22-12-13-22)26-19-21-8-10-23(11-9-21)25(30)28-17-15-27(16-18-28)14-4-7-20-5-2-1-3-6-20/h1-11,22H,12-19H2,(H,26,29)/b7-4+. The Morgan fingerprint density at radius 2 is 1.63 bits per heavy atom. The van der Waals surface area contributed by atoms with E-state index in [-0.39, 0.29) is 17.7 Å². The van der Waals surface area contributed by atoms with E-state index in [1.165, 1.54) is 5.56 Å². The molecule has 1 heterocycles. The summed E-state index contributed by atoms with van der Waals surface area (Å²) in [5.41, 5.74) is 2.95. The minimum absolute atomic E-state index is 0.0862. The molecule has 156 valence electrons. The van der Waals surface area contributed by atoms with Crippen LogP contribution in [0.5, 0.6) is 0 Å². The molecular formula is C25H29N3O2. The van der Waals surface area contributed by atoms with Crippen molar-refractivity contribution in [2.45, 2.75) is 19.4 Å². The van der Waals surface area contributed by atoms with Crippen LogP contribution >= 0.6 is 0 Å². The van der Waals surface area contributed by atoms with Crippen molar-refractivity contribution >= 4 is 17.9 Å². The van der Waals surface area contributed by atoms with E-state index in [4.69, 9.17) is 0 Å². The van der Waals surface area contributed by atoms with E-state index in [1.807, 2.05) is 47.4 Å². The molecule has 1 aliphatic carbocycles. The van der Waals surface area contributed by atoms with Gasteiger partial charge in [-0.1, -0.05) is 54.6 Å². The molecule has 5 nitrogen and oxygen atoms in total. The summed E-state index contributed by atoms with van der Waals surface area (Å²) in [4.78, 5) is 28.9. The lowest BCUT2D eigenvalue weighted by molar-refractivity contribution is -0.122. The number of rotatable bonds is 7. The fourth-order valence-corrected chi connectivity index (χ4v) is 3.66. The largest absolute Gasteiger partial charge is 0.352 e. The Morgan fingerprint density at radius 1 is 0.933 bits per heavy atom. The lowest BCUT2D eigenvalue weighted by atomic mass is 10.1. The maximum absolute atomic E-state index is 12.8. The molecule has 2 aromatic rings. The van der Waals surface area contributed by atoms with E-state index in [9.17, 15) is 9.59 Å². The molecule has 5 heteroatoms. The van der Waals surface area contributed by atoms with Crippen molar-refractivity contribution in [3.63, 3.8) is 0 Å². The molecule has 2 aliphatic rings. The van der Waals surface area contributed by atoms with Crippen LogP contribution in [-0.4, -0.2) is 54.3 Å². The van der Waals surface area contributed by atoms with E-state index in [1.54, 1.807) is 0 Å². The number of carbonyl (C=O) groups excluding carboxylic acids is 2. The molecule has 0 bridgehead atoms. The number of benzene rings is 2. The highest BCUT2D eigenvalue weighted by molar-refractivity contribution is 5.94. The molecule has 0 atom stereocenters. The first-order valence-corrected chi connectivity index (χ1v) is 10.8. The third-order valence-electron chi connectivity index (χ3n) is 5.75. The molecule has 4 rings (SSSR count). The molecule has 0 spiro atoms. The Morgan fingerprint density at radius 3 is 2.30 bits per heavy atom. The van der Waals surface area contributed by atoms with E-state index < -0.39 is 0 Å². The SMILES string of the molecule is O=C(NCc1ccc(C(=O)N2CCN(C/C=C/c3ccccc3)CC2)cc1)C1CC1. The van der Waals surface area contributed by atoms with Crippen molar-refractivity contribution in [3.8, 4) is 0 Å². The molecule has 0 unspecified atom stereocenters. The minimum atomic E-state index is 0.0862. The number of hydrogen-bond donors (Lipinski definition) is 1. The number of nitrogens with one attached hydrogen (secondary N) is 1. The summed E-state index contributed by atoms with van der Waals surface area (Å²) in [6.45, 7) is 4.69. The maximum atomic E-state index is 12.8. The number of nitrogens with zero attached hydrogens (tertiary/aromatic N) is 2. The number of hydrogen-bond acceptors (Lipinski definition) is 3. The van der Waals surface area contributed by atoms with Gasteiger partial charge in [0.2, 0.25) is 5.91 Å². The third kappa shape index (κ3) is 5.57. The molecule has 0 aromatic heterocycles. The second-order valence-corrected chi connectivity index (χ2v) is 8.09. The second-order valence-electron chi connectivity index (χ2n) is 8.09. The Labute approximate surface area is 178 Å². The van der Waals surface area contributed by atoms with Gasteiger partial charge in [-0.15, -0.1) is 0 Å². The predicted molar refractivity (Wildman–Crippen MR) is 119 cm³/mol. The Bertz CT molecular complexity index is 880. The van der Waals surface area contributed by atoms with Crippen molar-refractivity contribution < 1.29 is 9.59 Å². The number of piperazine rings is 1. The molecule has 2 amide bonds. The van der Waals surface area contributed by atoms with Crippen LogP contribution in [0.25, 0.3) is 6.08 Å². The highest BCUT2D eigenvalue weighted by Crippen LogP contribution is 2.28. The second kappa shape index (κ2) is 9.72. The maximum Gasteiger partial charge on any atom is 0.253 e. The van der Waals surface area contributed by atoms with Gasteiger partial charge in [0.15, 0.2) is 0 Å². The van der Waals surface area contributed by atoms with Gasteiger partial charge >= 0.3 is 0 Å². The summed E-state index contributed by atoms with van der Waals surface area (Å²) in [6.07, 6.45) is 6.35. The Kier molecular flexibility index (Phi) is 6.60. The van der Waals surface area contributed by atoms with E-state index in [0.717, 1.165) is 51.1 Å². The number of carbonyl (C=O) groups is 2. The van der Waals surface area contributed by atoms with Crippen LogP contribution in [0.15, 0.2) is 60.7 Å². The summed E-state index contributed by atoms with van der Waals surface area (Å²) < 4.78 is 0. The highest BCUT2D eigenvalue weighted by atomic mass is 16.2. The summed E-state index contributed by atoms with van der Waals surface area (Å²) in [6, 6.07) is 17.9. The van der Waals surface area contributed by atoms with Crippen LogP contribution in [0.2, 0.25) is 0 Å². The third-order valence-corrected chi connectivity index (χ3v) is 5.75. The van der Waals surface area contributed by atoms with Crippen molar-refractivity contribution in [1.82, 2.24) is 15.1 Å². The van der Waals surface area contributed by atoms with Gasteiger partial charge in [0, 0.05) is 50.7 Å². The minimum Gasteiger partial charge on any atom is -0.352 e. The van der Waals surface area contributed by atoms with E-state index in [2.05, 4.69) is 34.5 Å². The van der Waals surface area contributed by atoms with Crippen molar-refractivity contribution in [2.75, 3.05) is 32.7 Å². The average Bonchev–Trinajstić information content (AvgIpc) is 3.64. The first-order chi connectivity index (χ1) is 14.7. The zero-order chi connectivity index (χ0) is 20.8. The summed E-state index contributed by atoms with van der Waals surface area (Å²) >= 11 is 0. The normalized spacial score (nSPS) is 17.3. The highest BCUT2D eigenvalue weighted by Gasteiger charge is 2.29. The van der Waals surface area contributed by atoms with Gasteiger partial charge in [0.1, 0.15) is 0 Å². The van der Waals surface area contributed by atoms with Crippen LogP contribution in [0.4, 0.5) is 0 Å². The molecule has 30 heavy (non-hydrogen) atoms. The molecule has 1 N–H and O–H groups in total. The average molecular weight is 404 g/mol. The van der Waals surface area contributed by atoms with Gasteiger partial charge in [0.05, 0.1) is 0 Å². The van der Waals surface area contributed by atoms with Gasteiger partial charge in [0.25, 0.3) is 5.91 Å². The van der Waals surface area contributed by atoms with Gasteiger partial charge < -0.3 is 10.2 Å². The van der Waals surface area contributed by atoms with Crippen LogP contribution < -0.4 is 5.32 Å². The van der Waals surface area contributed by atoms with E-state index in [0.29, 0.717) is 12.1 Å². The van der Waals surface area contributed by atoms with Crippen LogP contribution in [0.3, 0.4) is 0 Å². The smallest absolute Gasteiger partial charge is 0.253 e. The van der Waals surface area contributed by atoms with Crippen LogP contribution in [0, 0.1) is 5.92 Å². The van der Waals surface area contributed by atoms with Crippen molar-refractivity contribution in [2.24, 2.45) is 5.92 Å². The molecule has 1 saturated heterocycles. The van der Waals surface area contributed by atoms with Gasteiger partial charge in [-0.05, 0) is 36.1 Å². The lowest BCUT2D eigenvalue weighted by Crippen LogP contribution is -2.48. The lowest BCUT2D eigenvalue weighted by Gasteiger charge is -2.34. The fourth-order valence-electron chi connectivity index (χ4n) is 3.66. The predicted octanol–water partition coefficient (Wildman–Crippen LogP) is 3.18. The molecule has 2 aromatic carbocycles. The fraction of sp³-hybridized carbons (Fsp3) is 0.360. The van der Waals surface area contributed by atoms with Gasteiger partial charge in [-0.2, -0.15) is 0 Å². The topological polar surface area (TPSA) is 52.7 Å². The Balaban J connectivity index is 1.21. The van der Waals surface area contributed by atoms with E-state index >= 15 is 0 Å². The van der Waals surface area contributed by atoms with Crippen molar-refractivity contribution in [3.05, 3.63) is 77.4 Å². The first-order valence-electron chi connectivity index (χ1n) is 10.8. The first kappa shape index (κ1) is 20.4. The van der Waals surface area contributed by atoms with Crippen LogP contribution in [-0.2, 0) is 11.3 Å². The summed E-state index contributed by atoms with van der Waals surface area (Å²) in [7, 11) is 0. The quantitative estimate of drug-likeness (QED) is 0.773. The van der Waals surface area contributed by atoms with Gasteiger partial charge in [-0.3, -0.25) is 14.5 Å². The summed E-state index contributed by atoms with van der Waals surface area (Å²) in [5.74, 6) is 0.452.